The van der Waals surface area contributed by atoms with Crippen molar-refractivity contribution in [3.63, 3.8) is 0 Å². The van der Waals surface area contributed by atoms with Crippen LogP contribution in [0.15, 0.2) is 121 Å². The third-order valence-electron chi connectivity index (χ3n) is 20.5. The Morgan fingerprint density at radius 1 is 0.466 bits per heavy atom. The number of fused-ring (bicyclic) bond motifs is 1. The van der Waals surface area contributed by atoms with E-state index in [0.29, 0.717) is 180 Å². The van der Waals surface area contributed by atoms with E-state index in [1.807, 2.05) is 0 Å². The van der Waals surface area contributed by atoms with E-state index in [4.69, 9.17) is 53.1 Å². The van der Waals surface area contributed by atoms with E-state index in [2.05, 4.69) is 67.8 Å². The molecular formula is C91H119FN20O21. The Kier molecular flexibility index (Phi) is 39.4. The van der Waals surface area contributed by atoms with Gasteiger partial charge >= 0.3 is 0 Å². The van der Waals surface area contributed by atoms with Crippen LogP contribution in [0, 0.1) is 19.7 Å². The number of hydrogen-bond acceptors (Lipinski definition) is 25. The zero-order chi connectivity index (χ0) is 95.4. The molecule has 0 atom stereocenters. The number of anilines is 5. The quantitative estimate of drug-likeness (QED) is 0.0173. The first-order valence-corrected chi connectivity index (χ1v) is 43.6. The van der Waals surface area contributed by atoms with E-state index in [9.17, 15) is 57.4 Å². The van der Waals surface area contributed by atoms with Crippen molar-refractivity contribution in [2.75, 3.05) is 172 Å². The molecule has 13 N–H and O–H groups in total. The van der Waals surface area contributed by atoms with Crippen LogP contribution >= 0.6 is 0 Å². The fraction of sp³-hybridized carbons (Fsp3) is 0.440. The first-order valence-electron chi connectivity index (χ1n) is 43.6. The van der Waals surface area contributed by atoms with E-state index in [1.54, 1.807) is 145 Å². The van der Waals surface area contributed by atoms with Crippen LogP contribution < -0.4 is 68.6 Å². The molecule has 10 rings (SSSR count). The van der Waals surface area contributed by atoms with Crippen molar-refractivity contribution in [2.45, 2.75) is 84.8 Å². The van der Waals surface area contributed by atoms with Gasteiger partial charge in [0.2, 0.25) is 29.4 Å². The average molecular weight is 1850 g/mol. The minimum Gasteiger partial charge on any atom is -0.491 e. The summed E-state index contributed by atoms with van der Waals surface area (Å²) in [6.07, 6.45) is 13.8. The highest BCUT2D eigenvalue weighted by Gasteiger charge is 2.27. The number of amides is 9. The van der Waals surface area contributed by atoms with Gasteiger partial charge in [-0.2, -0.15) is 0 Å². The predicted octanol–water partition coefficient (Wildman–Crippen LogP) is 6.89. The molecule has 0 spiro atoms. The van der Waals surface area contributed by atoms with Gasteiger partial charge in [-0.05, 0) is 131 Å². The highest BCUT2D eigenvalue weighted by Crippen LogP contribution is 2.41. The van der Waals surface area contributed by atoms with Gasteiger partial charge in [0, 0.05) is 153 Å². The molecule has 7 aromatic heterocycles. The maximum Gasteiger partial charge on any atom is 0.291 e. The summed E-state index contributed by atoms with van der Waals surface area (Å²) in [5.74, 6) is -3.10. The summed E-state index contributed by atoms with van der Waals surface area (Å²) < 4.78 is 80.2. The number of pyridine rings is 1. The van der Waals surface area contributed by atoms with Gasteiger partial charge < -0.3 is 138 Å². The lowest BCUT2D eigenvalue weighted by atomic mass is 9.93. The third-order valence-corrected chi connectivity index (χ3v) is 20.5. The highest BCUT2D eigenvalue weighted by atomic mass is 19.1. The number of nitrogens with zero attached hydrogens (tertiary/aromatic N) is 9. The van der Waals surface area contributed by atoms with Crippen molar-refractivity contribution in [3.8, 4) is 28.4 Å². The Morgan fingerprint density at radius 3 is 1.51 bits per heavy atom. The first-order chi connectivity index (χ1) is 64.0. The molecule has 0 aliphatic carbocycles. The van der Waals surface area contributed by atoms with Crippen molar-refractivity contribution in [1.82, 2.24) is 68.6 Å². The average Bonchev–Trinajstić information content (AvgIpc) is 1.64. The second kappa shape index (κ2) is 51.5. The molecular weight excluding hydrogens is 1730 g/mol. The zero-order valence-electron chi connectivity index (χ0n) is 76.3. The van der Waals surface area contributed by atoms with Crippen LogP contribution in [-0.4, -0.2) is 251 Å². The molecule has 9 amide bonds. The summed E-state index contributed by atoms with van der Waals surface area (Å²) in [7, 11) is 8.07. The molecule has 10 aromatic rings. The number of imidazole rings is 3. The van der Waals surface area contributed by atoms with Crippen LogP contribution in [-0.2, 0) is 99.7 Å². The van der Waals surface area contributed by atoms with Gasteiger partial charge in [0.05, 0.1) is 123 Å². The summed E-state index contributed by atoms with van der Waals surface area (Å²) >= 11 is 0. The number of aliphatic hydroxyl groups is 1. The number of hydrogen-bond donors (Lipinski definition) is 12. The van der Waals surface area contributed by atoms with Crippen molar-refractivity contribution in [2.24, 2.45) is 41.0 Å². The van der Waals surface area contributed by atoms with Crippen LogP contribution in [0.2, 0.25) is 0 Å². The molecule has 41 nitrogen and oxygen atoms in total. The molecule has 0 saturated heterocycles. The number of aryl methyl sites for hydroxylation is 8. The van der Waals surface area contributed by atoms with Crippen molar-refractivity contribution >= 4 is 92.8 Å². The smallest absolute Gasteiger partial charge is 0.291 e. The van der Waals surface area contributed by atoms with Crippen molar-refractivity contribution in [1.29, 1.82) is 0 Å². The van der Waals surface area contributed by atoms with Crippen molar-refractivity contribution < 1.29 is 100 Å². The number of unbranched alkanes of at least 4 members (excludes halogenated alkanes) is 3. The van der Waals surface area contributed by atoms with E-state index in [-0.39, 0.29) is 133 Å². The van der Waals surface area contributed by atoms with Crippen molar-refractivity contribution in [3.05, 3.63) is 184 Å². The fourth-order valence-corrected chi connectivity index (χ4v) is 13.7. The number of nitrogens with two attached hydrogens (primary N) is 1. The first kappa shape index (κ1) is 102. The lowest BCUT2D eigenvalue weighted by Gasteiger charge is -2.22. The summed E-state index contributed by atoms with van der Waals surface area (Å²) in [4.78, 5) is 147. The molecule has 0 fully saturated rings. The standard InChI is InChI=1S/C91H119FN20O21/c1-59-48-62(92)49-60(2)80(59)133-73-19-14-61(91(3,4)123)50-67(73)69-56-111(9)90(122)79-68(69)53-70(102-79)84(116)99-63-15-17-66(18-16-63)132-47-46-131-45-44-130-43-42-129-41-40-128-39-38-127-37-36-126-35-34-125-33-32-124-31-28-94-76(113)20-24-98-87(119)82-105-74(57-109(82)7)103-78(115)22-26-97-86(118)72-52-65(55-112(72)29-13-11-10-12-23-93)101-89(121)83-106-75(58-110(83)8)104-77(114)21-25-96-85(117)71-51-64(54-108(71)6)100-88(120)81-95-27-30-107(81)5/h14-19,27,30,48-58,102,123H,10-13,20-26,28-29,31-47,93H2,1-9H3,(H,94,113)(H,96,117)(H,97,118)(H,98,119)(H,99,116)(H,100,120)(H,101,121)(H,103,115)(H,104,114). The minimum absolute atomic E-state index is 0.00817. The van der Waals surface area contributed by atoms with Crippen LogP contribution in [0.4, 0.5) is 33.1 Å². The molecule has 0 aliphatic rings. The molecule has 716 valence electrons. The number of aromatic nitrogens is 10. The van der Waals surface area contributed by atoms with Gasteiger partial charge in [-0.25, -0.2) is 19.3 Å². The van der Waals surface area contributed by atoms with E-state index in [0.717, 1.165) is 19.3 Å². The van der Waals surface area contributed by atoms with Gasteiger partial charge in [-0.15, -0.1) is 0 Å². The number of carbonyl (C=O) groups excluding carboxylic acids is 9. The van der Waals surface area contributed by atoms with E-state index in [1.165, 1.54) is 61.1 Å². The normalized spacial score (nSPS) is 11.4. The lowest BCUT2D eigenvalue weighted by molar-refractivity contribution is -0.121. The van der Waals surface area contributed by atoms with Gasteiger partial charge in [0.25, 0.3) is 41.0 Å². The summed E-state index contributed by atoms with van der Waals surface area (Å²) in [5, 5.41) is 35.9. The SMILES string of the molecule is Cc1cc(F)cc(C)c1Oc1ccc(C(C)(C)O)cc1-c1cn(C)c(=O)c2[nH]c(C(=O)Nc3ccc(OCCOCCOCCOCCOCCOCCOCCOCCOCCNC(=O)CCNC(=O)c4nc(NC(=O)CCNC(=O)c5cc(NC(=O)c6nc(NC(=O)CCNC(=O)c7cc(NC(=O)c8nccn8C)cn7C)cn6C)cn5CCCCCCN)cn4C)cc3)cc12. The third kappa shape index (κ3) is 31.7. The Labute approximate surface area is 767 Å². The topological polar surface area (TPSA) is 502 Å². The van der Waals surface area contributed by atoms with Gasteiger partial charge in [-0.1, -0.05) is 18.9 Å². The Balaban J connectivity index is 0.492. The molecule has 0 bridgehead atoms. The molecule has 0 saturated carbocycles. The maximum absolute atomic E-state index is 14.3. The predicted molar refractivity (Wildman–Crippen MR) is 491 cm³/mol. The minimum atomic E-state index is -1.23. The molecule has 0 unspecified atom stereocenters. The Hall–Kier alpha value is -13.3. The number of carbonyl (C=O) groups is 9. The van der Waals surface area contributed by atoms with Gasteiger partial charge in [-0.3, -0.25) is 47.9 Å². The van der Waals surface area contributed by atoms with Crippen LogP contribution in [0.1, 0.15) is 139 Å². The number of nitrogens with one attached hydrogen (secondary N) is 10. The van der Waals surface area contributed by atoms with E-state index < -0.39 is 52.9 Å². The Morgan fingerprint density at radius 2 is 0.962 bits per heavy atom. The molecule has 42 heteroatoms. The van der Waals surface area contributed by atoms with Crippen LogP contribution in [0.5, 0.6) is 17.2 Å². The van der Waals surface area contributed by atoms with Gasteiger partial charge in [0.15, 0.2) is 17.5 Å². The van der Waals surface area contributed by atoms with Crippen LogP contribution in [0.3, 0.4) is 0 Å². The lowest BCUT2D eigenvalue weighted by Crippen LogP contribution is -2.33. The Bertz CT molecular complexity index is 5620. The number of halogens is 1. The largest absolute Gasteiger partial charge is 0.491 e. The monoisotopic (exact) mass is 1850 g/mol. The summed E-state index contributed by atoms with van der Waals surface area (Å²) in [6, 6.07) is 19.5. The highest BCUT2D eigenvalue weighted by molar-refractivity contribution is 6.09. The maximum atomic E-state index is 14.3. The summed E-state index contributed by atoms with van der Waals surface area (Å²) in [5.41, 5.74) is 8.91. The van der Waals surface area contributed by atoms with Gasteiger partial charge in [0.1, 0.15) is 52.3 Å². The molecule has 133 heavy (non-hydrogen) atoms. The zero-order valence-corrected chi connectivity index (χ0v) is 76.3. The van der Waals surface area contributed by atoms with E-state index >= 15 is 0 Å². The molecule has 3 aromatic carbocycles. The molecule has 0 radical (unpaired) electrons. The number of benzene rings is 3. The summed E-state index contributed by atoms with van der Waals surface area (Å²) in [6.45, 7) is 14.0. The number of aromatic amines is 1. The second-order valence-electron chi connectivity index (χ2n) is 31.5. The number of H-pyrrole nitrogens is 1. The fourth-order valence-electron chi connectivity index (χ4n) is 13.7. The molecule has 0 aliphatic heterocycles. The number of rotatable bonds is 58. The number of ether oxygens (including phenoxy) is 10. The van der Waals surface area contributed by atoms with Crippen LogP contribution in [0.25, 0.3) is 22.0 Å². The molecule has 7 heterocycles. The second-order valence-corrected chi connectivity index (χ2v) is 31.5.